The summed E-state index contributed by atoms with van der Waals surface area (Å²) in [4.78, 5) is 15.0. The first kappa shape index (κ1) is 21.1. The van der Waals surface area contributed by atoms with E-state index >= 15 is 0 Å². The maximum Gasteiger partial charge on any atom is 0.223 e. The van der Waals surface area contributed by atoms with Crippen molar-refractivity contribution in [1.29, 1.82) is 0 Å². The summed E-state index contributed by atoms with van der Waals surface area (Å²) in [5, 5.41) is 14.2. The summed E-state index contributed by atoms with van der Waals surface area (Å²) in [7, 11) is 1.66. The molecule has 1 aromatic rings. The summed E-state index contributed by atoms with van der Waals surface area (Å²) >= 11 is 0. The van der Waals surface area contributed by atoms with Crippen molar-refractivity contribution < 1.29 is 19.4 Å². The van der Waals surface area contributed by atoms with Gasteiger partial charge in [-0.2, -0.15) is 0 Å². The minimum absolute atomic E-state index is 0.0260. The minimum Gasteiger partial charge on any atom is -0.496 e. The van der Waals surface area contributed by atoms with Crippen molar-refractivity contribution >= 4 is 5.91 Å². The molecule has 1 heterocycles. The van der Waals surface area contributed by atoms with Gasteiger partial charge in [0, 0.05) is 38.0 Å². The van der Waals surface area contributed by atoms with Crippen molar-refractivity contribution in [1.82, 2.24) is 10.2 Å². The van der Waals surface area contributed by atoms with Gasteiger partial charge < -0.3 is 19.9 Å². The Morgan fingerprint density at radius 1 is 1.39 bits per heavy atom. The van der Waals surface area contributed by atoms with Crippen molar-refractivity contribution in [2.75, 3.05) is 46.5 Å². The van der Waals surface area contributed by atoms with Crippen LogP contribution in [-0.4, -0.2) is 62.4 Å². The number of hydrogen-bond acceptors (Lipinski definition) is 5. The first-order valence-electron chi connectivity index (χ1n) is 10.4. The highest BCUT2D eigenvalue weighted by atomic mass is 16.5. The molecule has 1 aromatic carbocycles. The highest BCUT2D eigenvalue weighted by Crippen LogP contribution is 2.43. The Kier molecular flexibility index (Phi) is 6.96. The van der Waals surface area contributed by atoms with E-state index in [1.807, 2.05) is 19.9 Å². The minimum atomic E-state index is -0.641. The molecule has 0 radical (unpaired) electrons. The number of methoxy groups -OCH3 is 1. The van der Waals surface area contributed by atoms with Crippen LogP contribution in [0.3, 0.4) is 0 Å². The first-order chi connectivity index (χ1) is 13.4. The summed E-state index contributed by atoms with van der Waals surface area (Å²) in [6.07, 6.45) is 1.07. The average molecular weight is 391 g/mol. The predicted octanol–water partition coefficient (Wildman–Crippen LogP) is 1.99. The maximum absolute atomic E-state index is 12.7. The van der Waals surface area contributed by atoms with Gasteiger partial charge in [0.2, 0.25) is 5.91 Å². The van der Waals surface area contributed by atoms with Crippen LogP contribution in [0.25, 0.3) is 0 Å². The number of ether oxygens (including phenoxy) is 2. The zero-order valence-corrected chi connectivity index (χ0v) is 17.6. The number of aryl methyl sites for hydroxylation is 1. The Balaban J connectivity index is 1.64. The molecule has 6 heteroatoms. The Hall–Kier alpha value is -1.63. The molecule has 0 saturated carbocycles. The molecule has 0 aromatic heterocycles. The number of nitrogens with zero attached hydrogens (tertiary/aromatic N) is 1. The first-order valence-corrected chi connectivity index (χ1v) is 10.4. The molecule has 2 aliphatic rings. The van der Waals surface area contributed by atoms with Gasteiger partial charge in [-0.15, -0.1) is 0 Å². The van der Waals surface area contributed by atoms with Gasteiger partial charge in [0.05, 0.1) is 26.4 Å². The highest BCUT2D eigenvalue weighted by molar-refractivity contribution is 5.78. The number of aliphatic hydroxyl groups excluding tert-OH is 1. The molecule has 0 bridgehead atoms. The lowest BCUT2D eigenvalue weighted by Gasteiger charge is -2.36. The standard InChI is InChI=1S/C22H34N2O4/c1-14-13-19(27-4)16(3)20-17(14)5-6-18(21(20)25)15(2)22(26)23-7-8-24-9-11-28-12-10-24/h13,15,18,21,25H,5-12H2,1-4H3,(H,23,26). The molecule has 156 valence electrons. The molecule has 3 rings (SSSR count). The van der Waals surface area contributed by atoms with Crippen LogP contribution >= 0.6 is 0 Å². The monoisotopic (exact) mass is 390 g/mol. The van der Waals surface area contributed by atoms with Crippen molar-refractivity contribution in [3.63, 3.8) is 0 Å². The second-order valence-electron chi connectivity index (χ2n) is 8.09. The van der Waals surface area contributed by atoms with Gasteiger partial charge in [-0.25, -0.2) is 0 Å². The van der Waals surface area contributed by atoms with Crippen LogP contribution in [0.5, 0.6) is 5.75 Å². The SMILES string of the molecule is COc1cc(C)c2c(c1C)C(O)C(C(C)C(=O)NCCN1CCOCC1)CC2. The van der Waals surface area contributed by atoms with E-state index in [1.165, 1.54) is 5.56 Å². The molecule has 1 aliphatic carbocycles. The topological polar surface area (TPSA) is 71.0 Å². The molecule has 0 spiro atoms. The van der Waals surface area contributed by atoms with Crippen LogP contribution < -0.4 is 10.1 Å². The van der Waals surface area contributed by atoms with Crippen LogP contribution in [-0.2, 0) is 16.0 Å². The Labute approximate surface area is 168 Å². The zero-order valence-electron chi connectivity index (χ0n) is 17.6. The third kappa shape index (κ3) is 4.34. The number of fused-ring (bicyclic) bond motifs is 1. The van der Waals surface area contributed by atoms with Gasteiger partial charge in [0.15, 0.2) is 0 Å². The van der Waals surface area contributed by atoms with E-state index in [1.54, 1.807) is 7.11 Å². The molecule has 6 nitrogen and oxygen atoms in total. The molecule has 2 N–H and O–H groups in total. The smallest absolute Gasteiger partial charge is 0.223 e. The summed E-state index contributed by atoms with van der Waals surface area (Å²) in [5.41, 5.74) is 4.31. The lowest BCUT2D eigenvalue weighted by Crippen LogP contribution is -2.43. The van der Waals surface area contributed by atoms with Gasteiger partial charge >= 0.3 is 0 Å². The van der Waals surface area contributed by atoms with Crippen molar-refractivity contribution in [2.45, 2.75) is 39.7 Å². The number of aliphatic hydroxyl groups is 1. The Bertz CT molecular complexity index is 700. The fourth-order valence-corrected chi connectivity index (χ4v) is 4.63. The largest absolute Gasteiger partial charge is 0.496 e. The quantitative estimate of drug-likeness (QED) is 0.777. The zero-order chi connectivity index (χ0) is 20.3. The van der Waals surface area contributed by atoms with E-state index in [0.29, 0.717) is 6.54 Å². The number of hydrogen-bond donors (Lipinski definition) is 2. The molecule has 3 unspecified atom stereocenters. The van der Waals surface area contributed by atoms with Gasteiger partial charge in [0.1, 0.15) is 5.75 Å². The van der Waals surface area contributed by atoms with Gasteiger partial charge in [0.25, 0.3) is 0 Å². The number of nitrogens with one attached hydrogen (secondary N) is 1. The summed E-state index contributed by atoms with van der Waals surface area (Å²) < 4.78 is 10.8. The number of rotatable bonds is 6. The fourth-order valence-electron chi connectivity index (χ4n) is 4.63. The summed E-state index contributed by atoms with van der Waals surface area (Å²) in [6.45, 7) is 10.8. The third-order valence-corrected chi connectivity index (χ3v) is 6.46. The van der Waals surface area contributed by atoms with E-state index in [9.17, 15) is 9.90 Å². The van der Waals surface area contributed by atoms with Crippen molar-refractivity contribution in [3.05, 3.63) is 28.3 Å². The van der Waals surface area contributed by atoms with Crippen LogP contribution in [0.15, 0.2) is 6.07 Å². The van der Waals surface area contributed by atoms with Crippen LogP contribution in [0.1, 0.15) is 41.7 Å². The van der Waals surface area contributed by atoms with E-state index < -0.39 is 6.10 Å². The fraction of sp³-hybridized carbons (Fsp3) is 0.682. The molecule has 28 heavy (non-hydrogen) atoms. The van der Waals surface area contributed by atoms with Crippen LogP contribution in [0.2, 0.25) is 0 Å². The summed E-state index contributed by atoms with van der Waals surface area (Å²) in [6, 6.07) is 2.04. The number of morpholine rings is 1. The third-order valence-electron chi connectivity index (χ3n) is 6.46. The maximum atomic E-state index is 12.7. The van der Waals surface area contributed by atoms with Gasteiger partial charge in [-0.05, 0) is 55.0 Å². The average Bonchev–Trinajstić information content (AvgIpc) is 2.70. The van der Waals surface area contributed by atoms with Crippen molar-refractivity contribution in [2.24, 2.45) is 11.8 Å². The molecule has 1 fully saturated rings. The molecule has 1 aliphatic heterocycles. The number of carbonyl (C=O) groups is 1. The van der Waals surface area contributed by atoms with Gasteiger partial charge in [-0.1, -0.05) is 6.92 Å². The van der Waals surface area contributed by atoms with Crippen LogP contribution in [0.4, 0.5) is 0 Å². The molecular formula is C22H34N2O4. The molecule has 1 amide bonds. The number of amides is 1. The second kappa shape index (κ2) is 9.25. The lowest BCUT2D eigenvalue weighted by molar-refractivity contribution is -0.128. The second-order valence-corrected chi connectivity index (χ2v) is 8.09. The lowest BCUT2D eigenvalue weighted by atomic mass is 9.72. The van der Waals surface area contributed by atoms with E-state index in [4.69, 9.17) is 9.47 Å². The van der Waals surface area contributed by atoms with Gasteiger partial charge in [-0.3, -0.25) is 9.69 Å². The molecule has 1 saturated heterocycles. The van der Waals surface area contributed by atoms with Crippen molar-refractivity contribution in [3.8, 4) is 5.75 Å². The molecule has 3 atom stereocenters. The highest BCUT2D eigenvalue weighted by Gasteiger charge is 2.37. The number of benzene rings is 1. The van der Waals surface area contributed by atoms with Crippen LogP contribution in [0, 0.1) is 25.7 Å². The molecular weight excluding hydrogens is 356 g/mol. The Morgan fingerprint density at radius 3 is 2.79 bits per heavy atom. The normalized spacial score (nSPS) is 23.8. The Morgan fingerprint density at radius 2 is 2.11 bits per heavy atom. The van der Waals surface area contributed by atoms with E-state index in [2.05, 4.69) is 17.1 Å². The summed E-state index contributed by atoms with van der Waals surface area (Å²) in [5.74, 6) is 0.511. The van der Waals surface area contributed by atoms with E-state index in [-0.39, 0.29) is 17.7 Å². The van der Waals surface area contributed by atoms with E-state index in [0.717, 1.165) is 68.1 Å². The number of carbonyl (C=O) groups excluding carboxylic acids is 1. The predicted molar refractivity (Wildman–Crippen MR) is 109 cm³/mol.